The van der Waals surface area contributed by atoms with Gasteiger partial charge in [-0.05, 0) is 12.8 Å². The highest BCUT2D eigenvalue weighted by Gasteiger charge is 2.53. The second-order valence-electron chi connectivity index (χ2n) is 7.00. The van der Waals surface area contributed by atoms with Crippen molar-refractivity contribution in [3.05, 3.63) is 0 Å². The quantitative estimate of drug-likeness (QED) is 0.417. The van der Waals surface area contributed by atoms with Crippen LogP contribution >= 0.6 is 0 Å². The number of fused-ring (bicyclic) bond motifs is 7. The molecule has 5 saturated heterocycles. The maximum atomic E-state index is 5.43. The first-order valence-corrected chi connectivity index (χ1v) is 8.64. The Morgan fingerprint density at radius 2 is 1.55 bits per heavy atom. The van der Waals surface area contributed by atoms with Gasteiger partial charge in [0.25, 0.3) is 0 Å². The zero-order valence-electron chi connectivity index (χ0n) is 13.1. The van der Waals surface area contributed by atoms with Gasteiger partial charge in [0.2, 0.25) is 0 Å². The van der Waals surface area contributed by atoms with Gasteiger partial charge in [0.1, 0.15) is 0 Å². The molecule has 0 N–H and O–H groups in total. The second-order valence-corrected chi connectivity index (χ2v) is 7.00. The molecule has 22 heavy (non-hydrogen) atoms. The van der Waals surface area contributed by atoms with Crippen LogP contribution in [0.15, 0.2) is 0 Å². The summed E-state index contributed by atoms with van der Waals surface area (Å²) in [4.78, 5) is 0. The van der Waals surface area contributed by atoms with Gasteiger partial charge in [0.05, 0.1) is 46.3 Å². The molecule has 5 aliphatic heterocycles. The Bertz CT molecular complexity index is 377. The van der Waals surface area contributed by atoms with Crippen LogP contribution in [0.3, 0.4) is 0 Å². The minimum atomic E-state index is 0.254. The lowest BCUT2D eigenvalue weighted by Crippen LogP contribution is -2.62. The fraction of sp³-hybridized carbons (Fsp3) is 1.00. The summed E-state index contributed by atoms with van der Waals surface area (Å²) in [7, 11) is 20.3. The van der Waals surface area contributed by atoms with Crippen molar-refractivity contribution in [2.24, 2.45) is 0 Å². The Balaban J connectivity index is 1.40. The normalized spacial score (nSPS) is 38.2. The monoisotopic (exact) mass is 277 g/mol. The molecular weight excluding hydrogens is 260 g/mol. The Morgan fingerprint density at radius 1 is 0.864 bits per heavy atom. The lowest BCUT2D eigenvalue weighted by molar-refractivity contribution is 0.370. The standard InChI is InChI=1S/C10H15B10O2/c1(7-5-21-7)2-9-10(4-3-8-6-22-8)11-13-14-15-16-17-18-19-20(9)12-10/h7-9H,1-6H2/t7-,8+,9+,10-/m0/s1. The van der Waals surface area contributed by atoms with Crippen molar-refractivity contribution >= 4 is 70.3 Å². The summed E-state index contributed by atoms with van der Waals surface area (Å²) in [6.07, 6.45) is 5.94. The van der Waals surface area contributed by atoms with Crippen molar-refractivity contribution in [1.82, 2.24) is 0 Å². The molecule has 2 bridgehead atoms. The van der Waals surface area contributed by atoms with Crippen LogP contribution in [-0.2, 0) is 9.47 Å². The van der Waals surface area contributed by atoms with E-state index in [0.717, 1.165) is 13.2 Å². The molecule has 12 heteroatoms. The minimum Gasteiger partial charge on any atom is -0.373 e. The van der Waals surface area contributed by atoms with Gasteiger partial charge in [-0.3, -0.25) is 0 Å². The first-order valence-electron chi connectivity index (χ1n) is 8.64. The number of hydrogen-bond donors (Lipinski definition) is 0. The summed E-state index contributed by atoms with van der Waals surface area (Å²) in [5.74, 6) is 0.711. The summed E-state index contributed by atoms with van der Waals surface area (Å²) < 4.78 is 10.9. The minimum absolute atomic E-state index is 0.254. The van der Waals surface area contributed by atoms with Crippen LogP contribution in [0.1, 0.15) is 25.7 Å². The van der Waals surface area contributed by atoms with Crippen molar-refractivity contribution < 1.29 is 9.47 Å². The number of ether oxygens (including phenoxy) is 2. The van der Waals surface area contributed by atoms with E-state index in [9.17, 15) is 0 Å². The average molecular weight is 275 g/mol. The summed E-state index contributed by atoms with van der Waals surface area (Å²) in [6.45, 7) is 2.54. The average Bonchev–Trinajstić information content (AvgIpc) is 3.38. The molecule has 0 aliphatic carbocycles. The SMILES string of the molecule is [B]1[B][B][B][B][C@@]2(CC[C@@H]3CO3)[B]B([B][B][B]1)[C@@H]2CC[C@H]1CO1. The Morgan fingerprint density at radius 3 is 2.32 bits per heavy atom. The maximum absolute atomic E-state index is 5.43. The molecule has 5 rings (SSSR count). The van der Waals surface area contributed by atoms with Crippen LogP contribution in [0.25, 0.3) is 0 Å². The zero-order chi connectivity index (χ0) is 14.8. The molecule has 5 heterocycles. The van der Waals surface area contributed by atoms with Gasteiger partial charge >= 0.3 is 0 Å². The van der Waals surface area contributed by atoms with Crippen LogP contribution in [-0.4, -0.2) is 95.7 Å². The van der Waals surface area contributed by atoms with Crippen LogP contribution in [0, 0.1) is 0 Å². The molecule has 0 saturated carbocycles. The van der Waals surface area contributed by atoms with E-state index in [1.807, 2.05) is 0 Å². The largest absolute Gasteiger partial charge is 0.373 e. The van der Waals surface area contributed by atoms with Gasteiger partial charge < -0.3 is 9.47 Å². The van der Waals surface area contributed by atoms with Crippen molar-refractivity contribution in [3.63, 3.8) is 0 Å². The van der Waals surface area contributed by atoms with Crippen LogP contribution < -0.4 is 0 Å². The third-order valence-corrected chi connectivity index (χ3v) is 5.46. The number of hydrogen-bond acceptors (Lipinski definition) is 2. The van der Waals surface area contributed by atoms with E-state index in [-0.39, 0.29) is 5.21 Å². The molecule has 4 atom stereocenters. The van der Waals surface area contributed by atoms with Crippen molar-refractivity contribution in [1.29, 1.82) is 0 Å². The molecule has 0 unspecified atom stereocenters. The first kappa shape index (κ1) is 16.1. The molecule has 0 aromatic heterocycles. The van der Waals surface area contributed by atoms with Gasteiger partial charge in [-0.25, -0.2) is 0 Å². The Labute approximate surface area is 142 Å². The van der Waals surface area contributed by atoms with E-state index >= 15 is 0 Å². The Hall–Kier alpha value is 0.569. The highest BCUT2D eigenvalue weighted by molar-refractivity contribution is 7.73. The van der Waals surface area contributed by atoms with E-state index in [4.69, 9.17) is 9.47 Å². The summed E-state index contributed by atoms with van der Waals surface area (Å²) in [5.41, 5.74) is 0. The van der Waals surface area contributed by atoms with E-state index in [1.165, 1.54) is 25.7 Å². The summed E-state index contributed by atoms with van der Waals surface area (Å²) >= 11 is 0. The molecule has 5 fully saturated rings. The molecule has 5 aliphatic rings. The van der Waals surface area contributed by atoms with Crippen molar-refractivity contribution in [2.45, 2.75) is 48.9 Å². The molecule has 0 aromatic rings. The predicted molar refractivity (Wildman–Crippen MR) is 102 cm³/mol. The molecular formula is C10H15B10O2. The van der Waals surface area contributed by atoms with Crippen molar-refractivity contribution in [2.75, 3.05) is 13.2 Å². The molecule has 2 nitrogen and oxygen atoms in total. The Kier molecular flexibility index (Phi) is 5.27. The molecule has 97 valence electrons. The van der Waals surface area contributed by atoms with Crippen molar-refractivity contribution in [3.8, 4) is 0 Å². The maximum Gasteiger partial charge on any atom is 0.0809 e. The van der Waals surface area contributed by atoms with Gasteiger partial charge in [-0.1, -0.05) is 18.7 Å². The molecule has 0 aromatic carbocycles. The van der Waals surface area contributed by atoms with Gasteiger partial charge in [-0.2, -0.15) is 0 Å². The third-order valence-electron chi connectivity index (χ3n) is 5.46. The predicted octanol–water partition coefficient (Wildman–Crippen LogP) is -1.91. The lowest BCUT2D eigenvalue weighted by atomic mass is 8.75. The third kappa shape index (κ3) is 3.97. The highest BCUT2D eigenvalue weighted by Crippen LogP contribution is 2.56. The van der Waals surface area contributed by atoms with E-state index in [0.29, 0.717) is 24.5 Å². The molecule has 9 radical (unpaired) electrons. The molecule has 0 amide bonds. The van der Waals surface area contributed by atoms with Gasteiger partial charge in [-0.15, -0.1) is 5.21 Å². The van der Waals surface area contributed by atoms with E-state index in [2.05, 4.69) is 63.8 Å². The zero-order valence-corrected chi connectivity index (χ0v) is 13.1. The van der Waals surface area contributed by atoms with Gasteiger partial charge in [0, 0.05) is 49.4 Å². The van der Waals surface area contributed by atoms with E-state index < -0.39 is 0 Å². The molecule has 0 spiro atoms. The van der Waals surface area contributed by atoms with E-state index in [1.54, 1.807) is 0 Å². The topological polar surface area (TPSA) is 25.1 Å². The first-order chi connectivity index (χ1) is 10.9. The summed E-state index contributed by atoms with van der Waals surface area (Å²) in [5, 5.41) is 0.254. The fourth-order valence-electron chi connectivity index (χ4n) is 3.95. The lowest BCUT2D eigenvalue weighted by Gasteiger charge is -2.57. The highest BCUT2D eigenvalue weighted by atomic mass is 16.6. The number of epoxide rings is 2. The van der Waals surface area contributed by atoms with Gasteiger partial charge in [0.15, 0.2) is 0 Å². The summed E-state index contributed by atoms with van der Waals surface area (Å²) in [6, 6.07) is 0. The van der Waals surface area contributed by atoms with Crippen LogP contribution in [0.5, 0.6) is 0 Å². The fourth-order valence-corrected chi connectivity index (χ4v) is 3.95. The smallest absolute Gasteiger partial charge is 0.0809 e. The van der Waals surface area contributed by atoms with Crippen LogP contribution in [0.2, 0.25) is 11.0 Å². The number of rotatable bonds is 6. The second kappa shape index (κ2) is 7.21. The van der Waals surface area contributed by atoms with Crippen LogP contribution in [0.4, 0.5) is 0 Å².